The number of carbonyl (C=O) groups is 1. The average Bonchev–Trinajstić information content (AvgIpc) is 3.03. The lowest BCUT2D eigenvalue weighted by molar-refractivity contribution is -0.143. The van der Waals surface area contributed by atoms with E-state index in [0.29, 0.717) is 47.1 Å². The first-order valence-corrected chi connectivity index (χ1v) is 9.47. The summed E-state index contributed by atoms with van der Waals surface area (Å²) in [4.78, 5) is 30.1. The summed E-state index contributed by atoms with van der Waals surface area (Å²) in [6.45, 7) is 2.21. The molecule has 2 aliphatic rings. The molecule has 135 valence electrons. The third-order valence-electron chi connectivity index (χ3n) is 5.29. The lowest BCUT2D eigenvalue weighted by Crippen LogP contribution is -2.34. The highest BCUT2D eigenvalue weighted by Gasteiger charge is 2.37. The van der Waals surface area contributed by atoms with E-state index >= 15 is 0 Å². The molecule has 3 aromatic rings. The number of ether oxygens (including phenoxy) is 1. The standard InChI is InChI=1S/C20H15BrN3O3/c1-2-10-15-12(8-27-20(10)26)19(25)24-7-9-6-11-13(21)4-3-5-14(11)23-17(9)18(24)16(15)22/h3-6H,2,7-8,22H2,1H3. The molecule has 0 saturated heterocycles. The van der Waals surface area contributed by atoms with Crippen molar-refractivity contribution in [3.63, 3.8) is 0 Å². The number of halogens is 1. The van der Waals surface area contributed by atoms with Gasteiger partial charge in [-0.1, -0.05) is 28.9 Å². The van der Waals surface area contributed by atoms with Crippen molar-refractivity contribution in [3.05, 3.63) is 61.7 Å². The minimum Gasteiger partial charge on any atom is -0.460 e. The van der Waals surface area contributed by atoms with Gasteiger partial charge in [-0.2, -0.15) is 0 Å². The van der Waals surface area contributed by atoms with Gasteiger partial charge in [-0.25, -0.2) is 4.98 Å². The third-order valence-corrected chi connectivity index (χ3v) is 5.98. The summed E-state index contributed by atoms with van der Waals surface area (Å²) >= 11 is 3.56. The molecule has 0 bridgehead atoms. The van der Waals surface area contributed by atoms with Gasteiger partial charge in [0.05, 0.1) is 34.7 Å². The monoisotopic (exact) mass is 424 g/mol. The molecule has 27 heavy (non-hydrogen) atoms. The average molecular weight is 425 g/mol. The molecule has 2 aromatic heterocycles. The maximum absolute atomic E-state index is 13.1. The Morgan fingerprint density at radius 3 is 2.93 bits per heavy atom. The Kier molecular flexibility index (Phi) is 3.46. The number of aromatic nitrogens is 2. The lowest BCUT2D eigenvalue weighted by Gasteiger charge is -2.25. The van der Waals surface area contributed by atoms with Gasteiger partial charge in [0.15, 0.2) is 0 Å². The number of anilines is 1. The molecule has 0 aliphatic carbocycles. The number of hydrogen-bond donors (Lipinski definition) is 1. The Labute approximate surface area is 163 Å². The van der Waals surface area contributed by atoms with E-state index in [-0.39, 0.29) is 12.2 Å². The van der Waals surface area contributed by atoms with Crippen LogP contribution < -0.4 is 11.3 Å². The summed E-state index contributed by atoms with van der Waals surface area (Å²) in [5, 5.41) is 0.986. The molecule has 5 rings (SSSR count). The van der Waals surface area contributed by atoms with Crippen LogP contribution in [-0.2, 0) is 22.7 Å². The van der Waals surface area contributed by atoms with Crippen LogP contribution in [0.3, 0.4) is 0 Å². The molecule has 0 saturated carbocycles. The fourth-order valence-corrected chi connectivity index (χ4v) is 4.50. The Hall–Kier alpha value is -2.67. The third kappa shape index (κ3) is 2.15. The molecule has 0 atom stereocenters. The molecule has 0 spiro atoms. The highest BCUT2D eigenvalue weighted by atomic mass is 79.9. The normalized spacial score (nSPS) is 15.4. The minimum atomic E-state index is -0.408. The summed E-state index contributed by atoms with van der Waals surface area (Å²) in [6.07, 6.45) is 0.448. The van der Waals surface area contributed by atoms with Crippen molar-refractivity contribution in [2.45, 2.75) is 26.5 Å². The van der Waals surface area contributed by atoms with E-state index in [4.69, 9.17) is 15.5 Å². The molecule has 0 amide bonds. The van der Waals surface area contributed by atoms with Crippen LogP contribution in [0.15, 0.2) is 33.5 Å². The fourth-order valence-electron chi connectivity index (χ4n) is 4.03. The Balaban J connectivity index is 1.84. The zero-order chi connectivity index (χ0) is 18.9. The summed E-state index contributed by atoms with van der Waals surface area (Å²) in [6, 6.07) is 7.85. The van der Waals surface area contributed by atoms with Gasteiger partial charge in [0.25, 0.3) is 5.56 Å². The van der Waals surface area contributed by atoms with E-state index < -0.39 is 5.97 Å². The van der Waals surface area contributed by atoms with Crippen molar-refractivity contribution >= 4 is 38.5 Å². The number of nitrogens with zero attached hydrogens (tertiary/aromatic N) is 2. The van der Waals surface area contributed by atoms with Crippen molar-refractivity contribution in [2.75, 3.05) is 5.73 Å². The number of hydrogen-bond acceptors (Lipinski definition) is 5. The molecule has 6 nitrogen and oxygen atoms in total. The SMILES string of the molecule is CC[C]1C(=O)OCc2c1c(N)c1n(c2=O)Cc2cc3c(Br)cccc3nc2-1. The van der Waals surface area contributed by atoms with E-state index in [0.717, 1.165) is 20.9 Å². The quantitative estimate of drug-likeness (QED) is 0.474. The number of fused-ring (bicyclic) bond motifs is 5. The minimum absolute atomic E-state index is 0.0434. The smallest absolute Gasteiger partial charge is 0.318 e. The van der Waals surface area contributed by atoms with Crippen LogP contribution in [-0.4, -0.2) is 15.5 Å². The highest BCUT2D eigenvalue weighted by Crippen LogP contribution is 2.42. The first-order chi connectivity index (χ1) is 13.0. The number of cyclic esters (lactones) is 1. The second-order valence-electron chi connectivity index (χ2n) is 6.72. The number of carbonyl (C=O) groups excluding carboxylic acids is 1. The van der Waals surface area contributed by atoms with Gasteiger partial charge in [0.2, 0.25) is 0 Å². The van der Waals surface area contributed by atoms with E-state index in [9.17, 15) is 9.59 Å². The van der Waals surface area contributed by atoms with E-state index in [2.05, 4.69) is 15.9 Å². The van der Waals surface area contributed by atoms with Crippen LogP contribution in [0.2, 0.25) is 0 Å². The molecule has 1 radical (unpaired) electrons. The number of nitrogen functional groups attached to an aromatic ring is 1. The zero-order valence-electron chi connectivity index (χ0n) is 14.5. The van der Waals surface area contributed by atoms with Gasteiger partial charge in [-0.15, -0.1) is 0 Å². The molecule has 2 N–H and O–H groups in total. The van der Waals surface area contributed by atoms with Crippen LogP contribution in [0.5, 0.6) is 0 Å². The first-order valence-electron chi connectivity index (χ1n) is 8.68. The van der Waals surface area contributed by atoms with E-state index in [1.165, 1.54) is 0 Å². The van der Waals surface area contributed by atoms with Crippen LogP contribution in [0.1, 0.15) is 30.0 Å². The van der Waals surface area contributed by atoms with Gasteiger partial charge in [0.1, 0.15) is 12.5 Å². The van der Waals surface area contributed by atoms with Crippen LogP contribution in [0.25, 0.3) is 22.3 Å². The second-order valence-corrected chi connectivity index (χ2v) is 7.57. The molecule has 4 heterocycles. The maximum atomic E-state index is 13.1. The number of esters is 1. The van der Waals surface area contributed by atoms with Gasteiger partial charge >= 0.3 is 5.97 Å². The van der Waals surface area contributed by atoms with Crippen LogP contribution in [0, 0.1) is 5.92 Å². The number of nitrogens with two attached hydrogens (primary N) is 1. The number of pyridine rings is 2. The second kappa shape index (κ2) is 5.66. The Morgan fingerprint density at radius 1 is 1.33 bits per heavy atom. The van der Waals surface area contributed by atoms with E-state index in [1.807, 2.05) is 31.2 Å². The molecular weight excluding hydrogens is 410 g/mol. The Morgan fingerprint density at radius 2 is 2.15 bits per heavy atom. The lowest BCUT2D eigenvalue weighted by atomic mass is 9.89. The topological polar surface area (TPSA) is 87.2 Å². The molecule has 0 unspecified atom stereocenters. The van der Waals surface area contributed by atoms with Crippen molar-refractivity contribution in [2.24, 2.45) is 0 Å². The summed E-state index contributed by atoms with van der Waals surface area (Å²) in [7, 11) is 0. The van der Waals surface area contributed by atoms with Crippen molar-refractivity contribution in [1.29, 1.82) is 0 Å². The molecule has 7 heteroatoms. The highest BCUT2D eigenvalue weighted by molar-refractivity contribution is 9.10. The van der Waals surface area contributed by atoms with Crippen LogP contribution in [0.4, 0.5) is 5.69 Å². The van der Waals surface area contributed by atoms with Gasteiger partial charge in [-0.3, -0.25) is 9.59 Å². The number of rotatable bonds is 1. The maximum Gasteiger partial charge on any atom is 0.318 e. The predicted molar refractivity (Wildman–Crippen MR) is 105 cm³/mol. The summed E-state index contributed by atoms with van der Waals surface area (Å²) < 4.78 is 7.79. The summed E-state index contributed by atoms with van der Waals surface area (Å²) in [5.74, 6) is 0.0425. The first kappa shape index (κ1) is 16.5. The molecule has 2 aliphatic heterocycles. The van der Waals surface area contributed by atoms with Crippen molar-refractivity contribution in [1.82, 2.24) is 9.55 Å². The largest absolute Gasteiger partial charge is 0.460 e. The zero-order valence-corrected chi connectivity index (χ0v) is 16.1. The number of benzene rings is 1. The van der Waals surface area contributed by atoms with Crippen molar-refractivity contribution in [3.8, 4) is 11.4 Å². The van der Waals surface area contributed by atoms with E-state index in [1.54, 1.807) is 4.57 Å². The Bertz CT molecular complexity index is 1220. The molecule has 0 fully saturated rings. The molecular formula is C20H15BrN3O3. The molecule has 1 aromatic carbocycles. The fraction of sp³-hybridized carbons (Fsp3) is 0.200. The summed E-state index contributed by atoms with van der Waals surface area (Å²) in [5.41, 5.74) is 10.8. The van der Waals surface area contributed by atoms with Gasteiger partial charge < -0.3 is 15.0 Å². The predicted octanol–water partition coefficient (Wildman–Crippen LogP) is 3.16. The van der Waals surface area contributed by atoms with Crippen LogP contribution >= 0.6 is 15.9 Å². The van der Waals surface area contributed by atoms with Crippen molar-refractivity contribution < 1.29 is 9.53 Å². The van der Waals surface area contributed by atoms with Gasteiger partial charge in [-0.05, 0) is 24.6 Å². The van der Waals surface area contributed by atoms with Gasteiger partial charge in [0, 0.05) is 21.0 Å².